The molecule has 0 bridgehead atoms. The van der Waals surface area contributed by atoms with Crippen LogP contribution in [0.5, 0.6) is 0 Å². The number of nitrogens with zero attached hydrogens (tertiary/aromatic N) is 1. The largest absolute Gasteiger partial charge is 0.465 e. The third kappa shape index (κ3) is 2.85. The highest BCUT2D eigenvalue weighted by Gasteiger charge is 2.20. The van der Waals surface area contributed by atoms with Crippen LogP contribution in [0.15, 0.2) is 60.8 Å². The normalized spacial score (nSPS) is 12.3. The van der Waals surface area contributed by atoms with Gasteiger partial charge in [0.05, 0.1) is 18.7 Å². The third-order valence-corrected chi connectivity index (χ3v) is 4.07. The van der Waals surface area contributed by atoms with E-state index >= 15 is 0 Å². The number of benzene rings is 2. The van der Waals surface area contributed by atoms with Gasteiger partial charge in [-0.3, -0.25) is 0 Å². The predicted molar refractivity (Wildman–Crippen MR) is 89.6 cm³/mol. The number of ether oxygens (including phenoxy) is 1. The zero-order chi connectivity index (χ0) is 16.2. The summed E-state index contributed by atoms with van der Waals surface area (Å²) in [5.74, 6) is -0.351. The van der Waals surface area contributed by atoms with Gasteiger partial charge in [0.25, 0.3) is 0 Å². The average molecular weight is 309 g/mol. The number of fused-ring (bicyclic) bond motifs is 1. The lowest BCUT2D eigenvalue weighted by atomic mass is 10.0. The zero-order valence-electron chi connectivity index (χ0n) is 13.0. The van der Waals surface area contributed by atoms with Crippen molar-refractivity contribution in [2.24, 2.45) is 0 Å². The summed E-state index contributed by atoms with van der Waals surface area (Å²) in [5.41, 5.74) is 2.59. The number of rotatable bonds is 5. The van der Waals surface area contributed by atoms with Crippen molar-refractivity contribution in [2.75, 3.05) is 13.7 Å². The number of aliphatic hydroxyl groups excluding tert-OH is 1. The molecule has 0 aliphatic heterocycles. The van der Waals surface area contributed by atoms with Gasteiger partial charge in [0, 0.05) is 23.7 Å². The van der Waals surface area contributed by atoms with Crippen LogP contribution in [0.25, 0.3) is 10.9 Å². The van der Waals surface area contributed by atoms with Gasteiger partial charge in [0.2, 0.25) is 0 Å². The smallest absolute Gasteiger partial charge is 0.340 e. The number of carbonyl (C=O) groups is 1. The van der Waals surface area contributed by atoms with Gasteiger partial charge in [-0.25, -0.2) is 4.79 Å². The summed E-state index contributed by atoms with van der Waals surface area (Å²) in [6, 6.07) is 17.7. The maximum Gasteiger partial charge on any atom is 0.340 e. The summed E-state index contributed by atoms with van der Waals surface area (Å²) >= 11 is 0. The Morgan fingerprint density at radius 1 is 1.13 bits per heavy atom. The monoisotopic (exact) mass is 309 g/mol. The van der Waals surface area contributed by atoms with Gasteiger partial charge in [-0.2, -0.15) is 0 Å². The van der Waals surface area contributed by atoms with Gasteiger partial charge in [-0.15, -0.1) is 0 Å². The van der Waals surface area contributed by atoms with Crippen molar-refractivity contribution in [3.8, 4) is 0 Å². The van der Waals surface area contributed by atoms with E-state index in [1.165, 1.54) is 7.11 Å². The number of hydrogen-bond acceptors (Lipinski definition) is 3. The van der Waals surface area contributed by atoms with Gasteiger partial charge in [-0.1, -0.05) is 48.5 Å². The van der Waals surface area contributed by atoms with Gasteiger partial charge < -0.3 is 14.4 Å². The molecule has 1 aromatic heterocycles. The molecule has 0 spiro atoms. The van der Waals surface area contributed by atoms with Crippen LogP contribution in [0.3, 0.4) is 0 Å². The van der Waals surface area contributed by atoms with E-state index in [1.807, 2.05) is 65.4 Å². The van der Waals surface area contributed by atoms with Gasteiger partial charge >= 0.3 is 5.97 Å². The van der Waals surface area contributed by atoms with Crippen LogP contribution in [0, 0.1) is 0 Å². The fourth-order valence-electron chi connectivity index (χ4n) is 3.00. The number of carbonyl (C=O) groups excluding carboxylic acids is 1. The molecular formula is C19H19NO3. The molecule has 3 rings (SSSR count). The van der Waals surface area contributed by atoms with E-state index in [2.05, 4.69) is 0 Å². The first-order chi connectivity index (χ1) is 11.3. The number of hydrogen-bond donors (Lipinski definition) is 1. The van der Waals surface area contributed by atoms with Crippen molar-refractivity contribution < 1.29 is 14.6 Å². The van der Waals surface area contributed by atoms with Crippen LogP contribution in [0.2, 0.25) is 0 Å². The quantitative estimate of drug-likeness (QED) is 0.735. The lowest BCUT2D eigenvalue weighted by Gasteiger charge is -2.20. The molecule has 0 amide bonds. The SMILES string of the molecule is COC(=O)c1cn([C@H](CCO)c2ccccc2)c2ccccc12. The Morgan fingerprint density at radius 3 is 2.52 bits per heavy atom. The summed E-state index contributed by atoms with van der Waals surface area (Å²) in [5, 5.41) is 10.3. The zero-order valence-corrected chi connectivity index (χ0v) is 13.0. The van der Waals surface area contributed by atoms with E-state index in [4.69, 9.17) is 4.74 Å². The summed E-state index contributed by atoms with van der Waals surface area (Å²) in [6.45, 7) is 0.0691. The minimum absolute atomic E-state index is 0.0375. The van der Waals surface area contributed by atoms with Gasteiger partial charge in [-0.05, 0) is 18.1 Å². The minimum Gasteiger partial charge on any atom is -0.465 e. The summed E-state index contributed by atoms with van der Waals surface area (Å²) in [7, 11) is 1.39. The number of esters is 1. The predicted octanol–water partition coefficient (Wildman–Crippen LogP) is 3.40. The van der Waals surface area contributed by atoms with Crippen LogP contribution >= 0.6 is 0 Å². The molecule has 1 N–H and O–H groups in total. The van der Waals surface area contributed by atoms with E-state index in [-0.39, 0.29) is 18.6 Å². The molecule has 0 fully saturated rings. The molecule has 0 radical (unpaired) electrons. The van der Waals surface area contributed by atoms with Gasteiger partial charge in [0.15, 0.2) is 0 Å². The second-order valence-corrected chi connectivity index (χ2v) is 5.40. The Kier molecular flexibility index (Phi) is 4.44. The molecule has 3 aromatic rings. The maximum absolute atomic E-state index is 12.1. The Bertz CT molecular complexity index is 808. The summed E-state index contributed by atoms with van der Waals surface area (Å²) in [4.78, 5) is 12.1. The standard InChI is InChI=1S/C19H19NO3/c1-23-19(22)16-13-20(18-10-6-5-9-15(16)18)17(11-12-21)14-7-3-2-4-8-14/h2-10,13,17,21H,11-12H2,1H3/t17-/m1/s1. The average Bonchev–Trinajstić information content (AvgIpc) is 2.99. The second-order valence-electron chi connectivity index (χ2n) is 5.40. The number of methoxy groups -OCH3 is 1. The molecule has 1 heterocycles. The Balaban J connectivity index is 2.19. The van der Waals surface area contributed by atoms with Crippen LogP contribution in [0.4, 0.5) is 0 Å². The van der Waals surface area contributed by atoms with E-state index in [0.717, 1.165) is 16.5 Å². The van der Waals surface area contributed by atoms with E-state index < -0.39 is 0 Å². The Hall–Kier alpha value is -2.59. The van der Waals surface area contributed by atoms with Crippen molar-refractivity contribution in [2.45, 2.75) is 12.5 Å². The molecule has 118 valence electrons. The molecular weight excluding hydrogens is 290 g/mol. The van der Waals surface area contributed by atoms with Crippen molar-refractivity contribution >= 4 is 16.9 Å². The fourth-order valence-corrected chi connectivity index (χ4v) is 3.00. The second kappa shape index (κ2) is 6.67. The van der Waals surface area contributed by atoms with E-state index in [0.29, 0.717) is 12.0 Å². The maximum atomic E-state index is 12.1. The first kappa shape index (κ1) is 15.3. The Morgan fingerprint density at radius 2 is 1.83 bits per heavy atom. The highest BCUT2D eigenvalue weighted by Crippen LogP contribution is 2.30. The highest BCUT2D eigenvalue weighted by atomic mass is 16.5. The first-order valence-electron chi connectivity index (χ1n) is 7.60. The summed E-state index contributed by atoms with van der Waals surface area (Å²) < 4.78 is 6.95. The highest BCUT2D eigenvalue weighted by molar-refractivity contribution is 6.04. The molecule has 0 aliphatic carbocycles. The lowest BCUT2D eigenvalue weighted by Crippen LogP contribution is -2.11. The molecule has 23 heavy (non-hydrogen) atoms. The van der Waals surface area contributed by atoms with Gasteiger partial charge in [0.1, 0.15) is 0 Å². The number of aliphatic hydroxyl groups is 1. The molecule has 4 heteroatoms. The molecule has 0 unspecified atom stereocenters. The van der Waals surface area contributed by atoms with Crippen molar-refractivity contribution in [1.82, 2.24) is 4.57 Å². The first-order valence-corrected chi connectivity index (χ1v) is 7.60. The number of para-hydroxylation sites is 1. The fraction of sp³-hybridized carbons (Fsp3) is 0.211. The lowest BCUT2D eigenvalue weighted by molar-refractivity contribution is 0.0602. The van der Waals surface area contributed by atoms with E-state index in [1.54, 1.807) is 0 Å². The topological polar surface area (TPSA) is 51.5 Å². The van der Waals surface area contributed by atoms with Crippen LogP contribution in [-0.2, 0) is 4.74 Å². The Labute approximate surface area is 134 Å². The van der Waals surface area contributed by atoms with Crippen molar-refractivity contribution in [1.29, 1.82) is 0 Å². The molecule has 0 saturated heterocycles. The molecule has 2 aromatic carbocycles. The van der Waals surface area contributed by atoms with Crippen molar-refractivity contribution in [3.05, 3.63) is 71.9 Å². The molecule has 0 saturated carbocycles. The molecule has 0 aliphatic rings. The minimum atomic E-state index is -0.351. The van der Waals surface area contributed by atoms with Crippen LogP contribution in [-0.4, -0.2) is 29.4 Å². The van der Waals surface area contributed by atoms with Crippen LogP contribution in [0.1, 0.15) is 28.4 Å². The van der Waals surface area contributed by atoms with Crippen LogP contribution < -0.4 is 0 Å². The van der Waals surface area contributed by atoms with E-state index in [9.17, 15) is 9.90 Å². The van der Waals surface area contributed by atoms with Crippen molar-refractivity contribution in [3.63, 3.8) is 0 Å². The molecule has 4 nitrogen and oxygen atoms in total. The third-order valence-electron chi connectivity index (χ3n) is 4.07. The molecule has 1 atom stereocenters. The number of aromatic nitrogens is 1. The summed E-state index contributed by atoms with van der Waals surface area (Å²) in [6.07, 6.45) is 2.40.